The highest BCUT2D eigenvalue weighted by Crippen LogP contribution is 2.30. The van der Waals surface area contributed by atoms with Gasteiger partial charge in [0.25, 0.3) is 0 Å². The standard InChI is InChI=1S/C13H16N4OS2/c1-8-9(5-6-18-8)11-16-17-10(7-19-13(2,3)4)14-15-12(17)20-11/h5-6H,7H2,1-4H3. The zero-order valence-electron chi connectivity index (χ0n) is 11.9. The first-order valence-electron chi connectivity index (χ1n) is 6.33. The Kier molecular flexibility index (Phi) is 3.33. The Labute approximate surface area is 125 Å². The molecule has 0 aliphatic rings. The smallest absolute Gasteiger partial charge is 0.235 e. The van der Waals surface area contributed by atoms with Crippen LogP contribution < -0.4 is 0 Å². The number of nitrogens with zero attached hydrogens (tertiary/aromatic N) is 4. The van der Waals surface area contributed by atoms with Crippen LogP contribution in [0.1, 0.15) is 32.4 Å². The van der Waals surface area contributed by atoms with E-state index in [1.807, 2.05) is 29.3 Å². The fourth-order valence-corrected chi connectivity index (χ4v) is 3.42. The van der Waals surface area contributed by atoms with E-state index >= 15 is 0 Å². The maximum atomic E-state index is 5.33. The second-order valence-electron chi connectivity index (χ2n) is 5.51. The third kappa shape index (κ3) is 2.60. The van der Waals surface area contributed by atoms with Crippen LogP contribution in [0.5, 0.6) is 0 Å². The third-order valence-electron chi connectivity index (χ3n) is 2.78. The van der Waals surface area contributed by atoms with E-state index < -0.39 is 0 Å². The average Bonchev–Trinajstić information content (AvgIpc) is 2.99. The van der Waals surface area contributed by atoms with Gasteiger partial charge >= 0.3 is 0 Å². The minimum Gasteiger partial charge on any atom is -0.469 e. The molecule has 0 amide bonds. The summed E-state index contributed by atoms with van der Waals surface area (Å²) in [7, 11) is 0. The molecular formula is C13H16N4OS2. The van der Waals surface area contributed by atoms with Crippen molar-refractivity contribution in [3.05, 3.63) is 23.9 Å². The normalized spacial score (nSPS) is 12.4. The van der Waals surface area contributed by atoms with Crippen molar-refractivity contribution in [2.75, 3.05) is 0 Å². The number of hydrogen-bond donors (Lipinski definition) is 0. The summed E-state index contributed by atoms with van der Waals surface area (Å²) >= 11 is 3.37. The molecule has 0 saturated carbocycles. The Morgan fingerprint density at radius 3 is 2.80 bits per heavy atom. The van der Waals surface area contributed by atoms with E-state index in [0.29, 0.717) is 0 Å². The van der Waals surface area contributed by atoms with E-state index in [9.17, 15) is 0 Å². The van der Waals surface area contributed by atoms with Crippen LogP contribution in [0.15, 0.2) is 16.7 Å². The van der Waals surface area contributed by atoms with E-state index in [1.54, 1.807) is 6.26 Å². The van der Waals surface area contributed by atoms with Crippen LogP contribution in [0, 0.1) is 6.92 Å². The summed E-state index contributed by atoms with van der Waals surface area (Å²) in [6.45, 7) is 8.51. The van der Waals surface area contributed by atoms with Gasteiger partial charge in [0.15, 0.2) is 10.8 Å². The monoisotopic (exact) mass is 308 g/mol. The van der Waals surface area contributed by atoms with Crippen LogP contribution in [0.25, 0.3) is 15.5 Å². The SMILES string of the molecule is Cc1occc1-c1nn2c(CSC(C)(C)C)nnc2s1. The largest absolute Gasteiger partial charge is 0.469 e. The molecule has 0 fully saturated rings. The van der Waals surface area contributed by atoms with Gasteiger partial charge in [-0.3, -0.25) is 0 Å². The van der Waals surface area contributed by atoms with Crippen LogP contribution in [-0.2, 0) is 5.75 Å². The van der Waals surface area contributed by atoms with Gasteiger partial charge < -0.3 is 4.42 Å². The quantitative estimate of drug-likeness (QED) is 0.737. The molecule has 0 aliphatic heterocycles. The highest BCUT2D eigenvalue weighted by Gasteiger charge is 2.17. The molecule has 3 aromatic heterocycles. The maximum absolute atomic E-state index is 5.33. The van der Waals surface area contributed by atoms with Crippen LogP contribution in [0.2, 0.25) is 0 Å². The van der Waals surface area contributed by atoms with E-state index in [0.717, 1.165) is 32.9 Å². The van der Waals surface area contributed by atoms with Gasteiger partial charge in [0, 0.05) is 4.75 Å². The first-order chi connectivity index (χ1) is 9.44. The lowest BCUT2D eigenvalue weighted by Gasteiger charge is -2.15. The molecule has 0 aliphatic carbocycles. The minimum absolute atomic E-state index is 0.200. The van der Waals surface area contributed by atoms with Crippen LogP contribution in [0.4, 0.5) is 0 Å². The summed E-state index contributed by atoms with van der Waals surface area (Å²) in [5.74, 6) is 2.57. The van der Waals surface area contributed by atoms with Gasteiger partial charge in [-0.25, -0.2) is 0 Å². The molecule has 0 aromatic carbocycles. The Hall–Kier alpha value is -1.34. The van der Waals surface area contributed by atoms with E-state index in [2.05, 4.69) is 36.1 Å². The molecular weight excluding hydrogens is 292 g/mol. The second-order valence-corrected chi connectivity index (χ2v) is 8.27. The van der Waals surface area contributed by atoms with Gasteiger partial charge in [0.2, 0.25) is 4.96 Å². The molecule has 0 unspecified atom stereocenters. The number of fused-ring (bicyclic) bond motifs is 1. The van der Waals surface area contributed by atoms with Gasteiger partial charge in [-0.2, -0.15) is 9.61 Å². The van der Waals surface area contributed by atoms with Crippen molar-refractivity contribution in [1.82, 2.24) is 19.8 Å². The van der Waals surface area contributed by atoms with Crippen LogP contribution in [-0.4, -0.2) is 24.6 Å². The molecule has 0 spiro atoms. The summed E-state index contributed by atoms with van der Waals surface area (Å²) in [6.07, 6.45) is 1.68. The number of aromatic nitrogens is 4. The molecule has 0 saturated heterocycles. The summed E-state index contributed by atoms with van der Waals surface area (Å²) in [6, 6.07) is 1.94. The lowest BCUT2D eigenvalue weighted by molar-refractivity contribution is 0.535. The number of hydrogen-bond acceptors (Lipinski definition) is 6. The summed E-state index contributed by atoms with van der Waals surface area (Å²) < 4.78 is 7.37. The number of aryl methyl sites for hydroxylation is 1. The van der Waals surface area contributed by atoms with Crippen molar-refractivity contribution < 1.29 is 4.42 Å². The Bertz CT molecular complexity index is 735. The molecule has 3 heterocycles. The Morgan fingerprint density at radius 1 is 1.35 bits per heavy atom. The minimum atomic E-state index is 0.200. The van der Waals surface area contributed by atoms with Gasteiger partial charge in [0.05, 0.1) is 17.6 Å². The Balaban J connectivity index is 1.93. The van der Waals surface area contributed by atoms with Gasteiger partial charge in [-0.05, 0) is 13.0 Å². The second kappa shape index (κ2) is 4.89. The van der Waals surface area contributed by atoms with E-state index in [1.165, 1.54) is 11.3 Å². The lowest BCUT2D eigenvalue weighted by Crippen LogP contribution is -2.08. The predicted molar refractivity (Wildman–Crippen MR) is 82.1 cm³/mol. The van der Waals surface area contributed by atoms with E-state index in [4.69, 9.17) is 4.42 Å². The first kappa shape index (κ1) is 13.6. The molecule has 3 rings (SSSR count). The van der Waals surface area contributed by atoms with Crippen LogP contribution >= 0.6 is 23.1 Å². The van der Waals surface area contributed by atoms with Gasteiger partial charge in [-0.1, -0.05) is 32.1 Å². The fourth-order valence-electron chi connectivity index (χ4n) is 1.74. The molecule has 0 bridgehead atoms. The highest BCUT2D eigenvalue weighted by molar-refractivity contribution is 7.99. The van der Waals surface area contributed by atoms with Crippen molar-refractivity contribution in [3.8, 4) is 10.6 Å². The van der Waals surface area contributed by atoms with Crippen LogP contribution in [0.3, 0.4) is 0 Å². The van der Waals surface area contributed by atoms with Gasteiger partial charge in [0.1, 0.15) is 5.76 Å². The molecule has 106 valence electrons. The van der Waals surface area contributed by atoms with Gasteiger partial charge in [-0.15, -0.1) is 22.0 Å². The van der Waals surface area contributed by atoms with Crippen molar-refractivity contribution in [1.29, 1.82) is 0 Å². The number of rotatable bonds is 3. The zero-order chi connectivity index (χ0) is 14.3. The fraction of sp³-hybridized carbons (Fsp3) is 0.462. The zero-order valence-corrected chi connectivity index (χ0v) is 13.5. The summed E-state index contributed by atoms with van der Waals surface area (Å²) in [5, 5.41) is 14.0. The topological polar surface area (TPSA) is 56.2 Å². The molecule has 0 atom stereocenters. The molecule has 0 radical (unpaired) electrons. The molecule has 3 aromatic rings. The summed E-state index contributed by atoms with van der Waals surface area (Å²) in [5.41, 5.74) is 1.02. The predicted octanol–water partition coefficient (Wildman–Crippen LogP) is 3.79. The van der Waals surface area contributed by atoms with Crippen molar-refractivity contribution in [3.63, 3.8) is 0 Å². The number of furan rings is 1. The average molecular weight is 308 g/mol. The lowest BCUT2D eigenvalue weighted by atomic mass is 10.3. The third-order valence-corrected chi connectivity index (χ3v) is 4.98. The van der Waals surface area contributed by atoms with Crippen molar-refractivity contribution in [2.24, 2.45) is 0 Å². The van der Waals surface area contributed by atoms with E-state index in [-0.39, 0.29) is 4.75 Å². The number of thioether (sulfide) groups is 1. The molecule has 20 heavy (non-hydrogen) atoms. The summed E-state index contributed by atoms with van der Waals surface area (Å²) in [4.78, 5) is 0.824. The molecule has 7 heteroatoms. The Morgan fingerprint density at radius 2 is 2.15 bits per heavy atom. The maximum Gasteiger partial charge on any atom is 0.235 e. The van der Waals surface area contributed by atoms with Crippen molar-refractivity contribution in [2.45, 2.75) is 38.2 Å². The first-order valence-corrected chi connectivity index (χ1v) is 8.14. The van der Waals surface area contributed by atoms with Crippen molar-refractivity contribution >= 4 is 28.1 Å². The highest BCUT2D eigenvalue weighted by atomic mass is 32.2. The molecule has 5 nitrogen and oxygen atoms in total. The molecule has 0 N–H and O–H groups in total.